The van der Waals surface area contributed by atoms with Crippen molar-refractivity contribution in [3.05, 3.63) is 81.7 Å². The fourth-order valence-electron chi connectivity index (χ4n) is 3.63. The summed E-state index contributed by atoms with van der Waals surface area (Å²) in [5.74, 6) is -0.871. The molecule has 0 saturated carbocycles. The van der Waals surface area contributed by atoms with Crippen LogP contribution in [0.2, 0.25) is 5.02 Å². The number of nitrogens with zero attached hydrogens (tertiary/aromatic N) is 1. The van der Waals surface area contributed by atoms with Crippen LogP contribution in [0.4, 0.5) is 0 Å². The highest BCUT2D eigenvalue weighted by Crippen LogP contribution is 2.41. The third-order valence-corrected chi connectivity index (χ3v) is 6.46. The van der Waals surface area contributed by atoms with Crippen molar-refractivity contribution >= 4 is 40.1 Å². The molecule has 5 heteroatoms. The molecular weight excluding hydrogens is 390 g/mol. The van der Waals surface area contributed by atoms with Crippen LogP contribution in [0.3, 0.4) is 0 Å². The molecule has 0 atom stereocenters. The minimum atomic E-state index is -0.871. The van der Waals surface area contributed by atoms with E-state index in [1.807, 2.05) is 60.7 Å². The minimum absolute atomic E-state index is 0.407. The van der Waals surface area contributed by atoms with Gasteiger partial charge in [-0.15, -0.1) is 11.3 Å². The molecule has 142 valence electrons. The van der Waals surface area contributed by atoms with Crippen molar-refractivity contribution in [2.45, 2.75) is 6.42 Å². The number of likely N-dealkylation sites (N-methyl/N-ethyl adjacent to an activating group) is 1. The van der Waals surface area contributed by atoms with E-state index < -0.39 is 5.97 Å². The molecule has 4 rings (SSSR count). The van der Waals surface area contributed by atoms with Gasteiger partial charge in [0.1, 0.15) is 4.88 Å². The van der Waals surface area contributed by atoms with Gasteiger partial charge < -0.3 is 10.0 Å². The lowest BCUT2D eigenvalue weighted by molar-refractivity contribution is 0.0702. The summed E-state index contributed by atoms with van der Waals surface area (Å²) in [6.45, 7) is 1.69. The first-order valence-corrected chi connectivity index (χ1v) is 10.3. The molecule has 0 unspecified atom stereocenters. The van der Waals surface area contributed by atoms with Gasteiger partial charge in [0.15, 0.2) is 0 Å². The van der Waals surface area contributed by atoms with Crippen LogP contribution in [0.25, 0.3) is 21.6 Å². The molecule has 0 aliphatic carbocycles. The van der Waals surface area contributed by atoms with E-state index in [2.05, 4.69) is 11.9 Å². The maximum atomic E-state index is 12.0. The summed E-state index contributed by atoms with van der Waals surface area (Å²) < 4.78 is 0. The van der Waals surface area contributed by atoms with Crippen molar-refractivity contribution in [3.63, 3.8) is 0 Å². The van der Waals surface area contributed by atoms with Crippen molar-refractivity contribution in [2.24, 2.45) is 0 Å². The zero-order valence-corrected chi connectivity index (χ0v) is 17.1. The lowest BCUT2D eigenvalue weighted by Gasteiger charge is -2.28. The number of thiophene rings is 1. The second-order valence-electron chi connectivity index (χ2n) is 6.98. The largest absolute Gasteiger partial charge is 0.477 e. The molecule has 1 aliphatic rings. The van der Waals surface area contributed by atoms with Gasteiger partial charge in [-0.1, -0.05) is 54.1 Å². The van der Waals surface area contributed by atoms with Crippen LogP contribution in [0.15, 0.2) is 60.7 Å². The average molecular weight is 410 g/mol. The van der Waals surface area contributed by atoms with Crippen LogP contribution in [-0.2, 0) is 0 Å². The number of halogens is 1. The Labute approximate surface area is 173 Å². The van der Waals surface area contributed by atoms with E-state index in [0.717, 1.165) is 46.7 Å². The van der Waals surface area contributed by atoms with E-state index in [9.17, 15) is 9.90 Å². The SMILES string of the molecule is CN1CCC(c2cc(-c3ccccc3)sc2C(=O)O)=C(c2ccc(Cl)cc2)C1. The Bertz CT molecular complexity index is 1040. The summed E-state index contributed by atoms with van der Waals surface area (Å²) in [6, 6.07) is 19.8. The number of carboxylic acids is 1. The highest BCUT2D eigenvalue weighted by Gasteiger charge is 2.25. The molecule has 0 amide bonds. The number of carboxylic acid groups (broad SMARTS) is 1. The Hall–Kier alpha value is -2.40. The molecular formula is C23H20ClNO2S. The Balaban J connectivity index is 1.89. The summed E-state index contributed by atoms with van der Waals surface area (Å²) in [5.41, 5.74) is 5.27. The summed E-state index contributed by atoms with van der Waals surface area (Å²) in [6.07, 6.45) is 0.819. The summed E-state index contributed by atoms with van der Waals surface area (Å²) in [4.78, 5) is 15.7. The van der Waals surface area contributed by atoms with Gasteiger partial charge in [0, 0.05) is 28.6 Å². The molecule has 0 bridgehead atoms. The number of hydrogen-bond acceptors (Lipinski definition) is 3. The van der Waals surface area contributed by atoms with E-state index in [1.54, 1.807) is 0 Å². The minimum Gasteiger partial charge on any atom is -0.477 e. The summed E-state index contributed by atoms with van der Waals surface area (Å²) >= 11 is 7.41. The number of rotatable bonds is 4. The zero-order valence-electron chi connectivity index (χ0n) is 15.5. The van der Waals surface area contributed by atoms with Gasteiger partial charge in [0.25, 0.3) is 0 Å². The van der Waals surface area contributed by atoms with E-state index in [1.165, 1.54) is 16.9 Å². The molecule has 1 N–H and O–H groups in total. The third-order valence-electron chi connectivity index (χ3n) is 5.04. The van der Waals surface area contributed by atoms with Gasteiger partial charge >= 0.3 is 5.97 Å². The highest BCUT2D eigenvalue weighted by atomic mass is 35.5. The van der Waals surface area contributed by atoms with Gasteiger partial charge in [0.2, 0.25) is 0 Å². The van der Waals surface area contributed by atoms with Crippen molar-refractivity contribution in [3.8, 4) is 10.4 Å². The topological polar surface area (TPSA) is 40.5 Å². The summed E-state index contributed by atoms with van der Waals surface area (Å²) in [7, 11) is 2.09. The van der Waals surface area contributed by atoms with Crippen LogP contribution in [0, 0.1) is 0 Å². The molecule has 2 aromatic carbocycles. The van der Waals surface area contributed by atoms with Crippen LogP contribution in [0.5, 0.6) is 0 Å². The van der Waals surface area contributed by atoms with E-state index in [-0.39, 0.29) is 0 Å². The molecule has 0 saturated heterocycles. The molecule has 28 heavy (non-hydrogen) atoms. The number of benzene rings is 2. The monoisotopic (exact) mass is 409 g/mol. The first-order valence-electron chi connectivity index (χ1n) is 9.12. The Kier molecular flexibility index (Phi) is 5.36. The molecule has 2 heterocycles. The third kappa shape index (κ3) is 3.76. The Morgan fingerprint density at radius 2 is 1.75 bits per heavy atom. The van der Waals surface area contributed by atoms with Crippen molar-refractivity contribution in [1.29, 1.82) is 0 Å². The predicted molar refractivity (Wildman–Crippen MR) is 117 cm³/mol. The van der Waals surface area contributed by atoms with Gasteiger partial charge in [-0.2, -0.15) is 0 Å². The predicted octanol–water partition coefficient (Wildman–Crippen LogP) is 6.01. The first kappa shape index (κ1) is 18.9. The highest BCUT2D eigenvalue weighted by molar-refractivity contribution is 7.17. The Morgan fingerprint density at radius 3 is 2.43 bits per heavy atom. The Morgan fingerprint density at radius 1 is 1.04 bits per heavy atom. The van der Waals surface area contributed by atoms with E-state index in [0.29, 0.717) is 9.90 Å². The van der Waals surface area contributed by atoms with Crippen molar-refractivity contribution < 1.29 is 9.90 Å². The lowest BCUT2D eigenvalue weighted by atomic mass is 9.89. The van der Waals surface area contributed by atoms with Gasteiger partial charge in [-0.25, -0.2) is 4.79 Å². The van der Waals surface area contributed by atoms with Crippen LogP contribution in [0.1, 0.15) is 27.2 Å². The number of carbonyl (C=O) groups is 1. The number of hydrogen-bond donors (Lipinski definition) is 1. The first-order chi connectivity index (χ1) is 13.5. The van der Waals surface area contributed by atoms with Gasteiger partial charge in [0.05, 0.1) is 0 Å². The molecule has 0 fully saturated rings. The number of aromatic carboxylic acids is 1. The van der Waals surface area contributed by atoms with Crippen LogP contribution < -0.4 is 0 Å². The second-order valence-corrected chi connectivity index (χ2v) is 8.47. The lowest BCUT2D eigenvalue weighted by Crippen LogP contribution is -2.27. The maximum Gasteiger partial charge on any atom is 0.346 e. The van der Waals surface area contributed by atoms with E-state index >= 15 is 0 Å². The normalized spacial score (nSPS) is 15.1. The average Bonchev–Trinajstić information content (AvgIpc) is 3.15. The van der Waals surface area contributed by atoms with E-state index in [4.69, 9.17) is 11.6 Å². The van der Waals surface area contributed by atoms with Gasteiger partial charge in [-0.05, 0) is 53.9 Å². The molecule has 0 spiro atoms. The summed E-state index contributed by atoms with van der Waals surface area (Å²) in [5, 5.41) is 10.6. The molecule has 3 aromatic rings. The smallest absolute Gasteiger partial charge is 0.346 e. The molecule has 1 aromatic heterocycles. The van der Waals surface area contributed by atoms with Gasteiger partial charge in [-0.3, -0.25) is 0 Å². The quantitative estimate of drug-likeness (QED) is 0.573. The van der Waals surface area contributed by atoms with Crippen molar-refractivity contribution in [1.82, 2.24) is 4.90 Å². The fraction of sp³-hybridized carbons (Fsp3) is 0.174. The standard InChI is InChI=1S/C23H20ClNO2S/c1-25-12-11-18(20(14-25)15-7-9-17(24)10-8-15)19-13-21(28-22(19)23(26)27)16-5-3-2-4-6-16/h2-10,13H,11-12,14H2,1H3,(H,26,27). The van der Waals surface area contributed by atoms with Crippen LogP contribution >= 0.6 is 22.9 Å². The molecule has 1 aliphatic heterocycles. The maximum absolute atomic E-state index is 12.0. The van der Waals surface area contributed by atoms with Crippen molar-refractivity contribution in [2.75, 3.05) is 20.1 Å². The zero-order chi connectivity index (χ0) is 19.7. The fourth-order valence-corrected chi connectivity index (χ4v) is 4.79. The second kappa shape index (κ2) is 7.92. The molecule has 3 nitrogen and oxygen atoms in total. The molecule has 0 radical (unpaired) electrons. The van der Waals surface area contributed by atoms with Crippen LogP contribution in [-0.4, -0.2) is 36.1 Å².